The second-order valence-corrected chi connectivity index (χ2v) is 5.73. The van der Waals surface area contributed by atoms with Crippen LogP contribution in [-0.2, 0) is 6.42 Å². The van der Waals surface area contributed by atoms with E-state index in [-0.39, 0.29) is 0 Å². The van der Waals surface area contributed by atoms with Crippen LogP contribution in [0.3, 0.4) is 0 Å². The Kier molecular flexibility index (Phi) is 3.18. The van der Waals surface area contributed by atoms with Crippen molar-refractivity contribution in [1.82, 2.24) is 14.8 Å². The Morgan fingerprint density at radius 2 is 2.44 bits per heavy atom. The van der Waals surface area contributed by atoms with E-state index in [1.807, 2.05) is 17.8 Å². The maximum absolute atomic E-state index is 5.70. The number of thiazole rings is 1. The number of aryl methyl sites for hydroxylation is 1. The van der Waals surface area contributed by atoms with Gasteiger partial charge in [-0.3, -0.25) is 0 Å². The van der Waals surface area contributed by atoms with Crippen LogP contribution < -0.4 is 5.73 Å². The van der Waals surface area contributed by atoms with Crippen LogP contribution in [0.15, 0.2) is 11.6 Å². The molecule has 96 valence electrons. The zero-order valence-electron chi connectivity index (χ0n) is 10.6. The van der Waals surface area contributed by atoms with E-state index in [1.165, 1.54) is 24.1 Å². The lowest BCUT2D eigenvalue weighted by Gasteiger charge is -2.22. The highest BCUT2D eigenvalue weighted by Crippen LogP contribution is 2.34. The van der Waals surface area contributed by atoms with Crippen LogP contribution in [0.1, 0.15) is 42.1 Å². The van der Waals surface area contributed by atoms with Gasteiger partial charge in [0.2, 0.25) is 5.13 Å². The van der Waals surface area contributed by atoms with E-state index < -0.39 is 0 Å². The topological polar surface area (TPSA) is 56.7 Å². The summed E-state index contributed by atoms with van der Waals surface area (Å²) in [5, 5.41) is 7.60. The average molecular weight is 262 g/mol. The predicted octanol–water partition coefficient (Wildman–Crippen LogP) is 2.41. The summed E-state index contributed by atoms with van der Waals surface area (Å²) in [5.74, 6) is 0.591. The Balaban J connectivity index is 1.99. The molecule has 3 rings (SSSR count). The lowest BCUT2D eigenvalue weighted by molar-refractivity contribution is 0.518. The van der Waals surface area contributed by atoms with Crippen LogP contribution in [-0.4, -0.2) is 21.3 Å². The molecule has 0 amide bonds. The van der Waals surface area contributed by atoms with E-state index in [4.69, 9.17) is 5.73 Å². The molecule has 0 aromatic carbocycles. The molecule has 5 heteroatoms. The summed E-state index contributed by atoms with van der Waals surface area (Å²) < 4.78 is 2.02. The summed E-state index contributed by atoms with van der Waals surface area (Å²) in [6, 6.07) is 0. The summed E-state index contributed by atoms with van der Waals surface area (Å²) >= 11 is 1.66. The van der Waals surface area contributed by atoms with Gasteiger partial charge in [-0.1, -0.05) is 0 Å². The number of hydrogen-bond donors (Lipinski definition) is 1. The highest BCUT2D eigenvalue weighted by atomic mass is 32.1. The summed E-state index contributed by atoms with van der Waals surface area (Å²) in [4.78, 5) is 4.53. The molecule has 2 aromatic rings. The van der Waals surface area contributed by atoms with Crippen LogP contribution in [0.4, 0.5) is 0 Å². The first-order valence-corrected chi connectivity index (χ1v) is 7.37. The molecule has 0 aliphatic heterocycles. The summed E-state index contributed by atoms with van der Waals surface area (Å²) in [6.07, 6.45) is 6.66. The SMILES string of the molecule is Cc1csc(-n2ncc3c2CCCC3CCN)n1. The quantitative estimate of drug-likeness (QED) is 0.924. The van der Waals surface area contributed by atoms with Crippen molar-refractivity contribution >= 4 is 11.3 Å². The van der Waals surface area contributed by atoms with Gasteiger partial charge < -0.3 is 5.73 Å². The standard InChI is InChI=1S/C13H18N4S/c1-9-8-18-13(16-9)17-12-4-2-3-10(5-6-14)11(12)7-15-17/h7-8,10H,2-6,14H2,1H3. The number of nitrogens with two attached hydrogens (primary N) is 1. The van der Waals surface area contributed by atoms with Crippen LogP contribution in [0.25, 0.3) is 5.13 Å². The third-order valence-electron chi connectivity index (χ3n) is 3.61. The van der Waals surface area contributed by atoms with Crippen molar-refractivity contribution in [2.75, 3.05) is 6.54 Å². The molecule has 18 heavy (non-hydrogen) atoms. The highest BCUT2D eigenvalue weighted by molar-refractivity contribution is 7.12. The summed E-state index contributed by atoms with van der Waals surface area (Å²) in [7, 11) is 0. The van der Waals surface area contributed by atoms with Crippen molar-refractivity contribution in [2.45, 2.75) is 38.5 Å². The molecule has 2 aromatic heterocycles. The zero-order valence-corrected chi connectivity index (χ0v) is 11.4. The van der Waals surface area contributed by atoms with Gasteiger partial charge in [-0.15, -0.1) is 11.3 Å². The van der Waals surface area contributed by atoms with E-state index in [1.54, 1.807) is 11.3 Å². The summed E-state index contributed by atoms with van der Waals surface area (Å²) in [6.45, 7) is 2.78. The largest absolute Gasteiger partial charge is 0.330 e. The first-order chi connectivity index (χ1) is 8.79. The van der Waals surface area contributed by atoms with Gasteiger partial charge in [-0.25, -0.2) is 9.67 Å². The molecule has 2 heterocycles. The van der Waals surface area contributed by atoms with Crippen LogP contribution in [0.2, 0.25) is 0 Å². The molecule has 1 unspecified atom stereocenters. The Bertz CT molecular complexity index is 543. The molecule has 0 saturated carbocycles. The minimum absolute atomic E-state index is 0.591. The van der Waals surface area contributed by atoms with Gasteiger partial charge in [0, 0.05) is 5.38 Å². The molecule has 0 fully saturated rings. The summed E-state index contributed by atoms with van der Waals surface area (Å²) in [5.41, 5.74) is 9.49. The van der Waals surface area contributed by atoms with E-state index in [9.17, 15) is 0 Å². The first kappa shape index (κ1) is 11.9. The van der Waals surface area contributed by atoms with Gasteiger partial charge in [0.1, 0.15) is 0 Å². The van der Waals surface area contributed by atoms with Gasteiger partial charge in [-0.2, -0.15) is 5.10 Å². The van der Waals surface area contributed by atoms with Crippen LogP contribution >= 0.6 is 11.3 Å². The molecular formula is C13H18N4S. The van der Waals surface area contributed by atoms with Gasteiger partial charge in [0.15, 0.2) is 0 Å². The molecule has 0 bridgehead atoms. The molecule has 2 N–H and O–H groups in total. The minimum atomic E-state index is 0.591. The van der Waals surface area contributed by atoms with Crippen molar-refractivity contribution in [3.63, 3.8) is 0 Å². The fourth-order valence-corrected chi connectivity index (χ4v) is 3.54. The molecule has 4 nitrogen and oxygen atoms in total. The van der Waals surface area contributed by atoms with Crippen molar-refractivity contribution in [3.8, 4) is 5.13 Å². The molecule has 1 atom stereocenters. The Morgan fingerprint density at radius 3 is 3.17 bits per heavy atom. The molecule has 0 saturated heterocycles. The number of aromatic nitrogens is 3. The highest BCUT2D eigenvalue weighted by Gasteiger charge is 2.24. The maximum atomic E-state index is 5.70. The number of nitrogens with zero attached hydrogens (tertiary/aromatic N) is 3. The Morgan fingerprint density at radius 1 is 1.56 bits per heavy atom. The van der Waals surface area contributed by atoms with E-state index in [2.05, 4.69) is 15.5 Å². The predicted molar refractivity (Wildman–Crippen MR) is 73.3 cm³/mol. The molecule has 0 radical (unpaired) electrons. The fraction of sp³-hybridized carbons (Fsp3) is 0.538. The smallest absolute Gasteiger partial charge is 0.210 e. The number of rotatable bonds is 3. The Hall–Kier alpha value is -1.20. The van der Waals surface area contributed by atoms with Crippen molar-refractivity contribution in [3.05, 3.63) is 28.5 Å². The monoisotopic (exact) mass is 262 g/mol. The molecular weight excluding hydrogens is 244 g/mol. The van der Waals surface area contributed by atoms with Gasteiger partial charge in [0.25, 0.3) is 0 Å². The zero-order chi connectivity index (χ0) is 12.5. The van der Waals surface area contributed by atoms with Crippen LogP contribution in [0, 0.1) is 6.92 Å². The third-order valence-corrected chi connectivity index (χ3v) is 4.54. The maximum Gasteiger partial charge on any atom is 0.210 e. The van der Waals surface area contributed by atoms with E-state index in [0.29, 0.717) is 5.92 Å². The minimum Gasteiger partial charge on any atom is -0.330 e. The normalized spacial score (nSPS) is 18.9. The third kappa shape index (κ3) is 1.97. The number of fused-ring (bicyclic) bond motifs is 1. The molecule has 0 spiro atoms. The van der Waals surface area contributed by atoms with Crippen molar-refractivity contribution in [1.29, 1.82) is 0 Å². The lowest BCUT2D eigenvalue weighted by Crippen LogP contribution is -2.15. The van der Waals surface area contributed by atoms with Gasteiger partial charge in [-0.05, 0) is 50.6 Å². The first-order valence-electron chi connectivity index (χ1n) is 6.49. The van der Waals surface area contributed by atoms with E-state index in [0.717, 1.165) is 30.2 Å². The average Bonchev–Trinajstić information content (AvgIpc) is 2.96. The Labute approximate surface area is 111 Å². The fourth-order valence-electron chi connectivity index (χ4n) is 2.75. The second-order valence-electron chi connectivity index (χ2n) is 4.90. The van der Waals surface area contributed by atoms with Gasteiger partial charge in [0.05, 0.1) is 17.6 Å². The molecule has 1 aliphatic carbocycles. The second kappa shape index (κ2) is 4.82. The molecule has 1 aliphatic rings. The van der Waals surface area contributed by atoms with Gasteiger partial charge >= 0.3 is 0 Å². The van der Waals surface area contributed by atoms with Crippen molar-refractivity contribution in [2.24, 2.45) is 5.73 Å². The van der Waals surface area contributed by atoms with Crippen LogP contribution in [0.5, 0.6) is 0 Å². The van der Waals surface area contributed by atoms with Crippen molar-refractivity contribution < 1.29 is 0 Å². The van der Waals surface area contributed by atoms with E-state index >= 15 is 0 Å². The lowest BCUT2D eigenvalue weighted by atomic mass is 9.85. The number of hydrogen-bond acceptors (Lipinski definition) is 4.